The number of amides is 1. The Bertz CT molecular complexity index is 588. The van der Waals surface area contributed by atoms with E-state index >= 15 is 0 Å². The van der Waals surface area contributed by atoms with Crippen LogP contribution in [0.3, 0.4) is 0 Å². The number of ether oxygens (including phenoxy) is 1. The van der Waals surface area contributed by atoms with E-state index in [1.54, 1.807) is 18.5 Å². The lowest BCUT2D eigenvalue weighted by atomic mass is 10.1. The van der Waals surface area contributed by atoms with Crippen LogP contribution in [0.2, 0.25) is 0 Å². The average molecular weight is 330 g/mol. The second kappa shape index (κ2) is 12.1. The molecule has 130 valence electrons. The molecule has 1 amide bonds. The minimum Gasteiger partial charge on any atom is -0.469 e. The van der Waals surface area contributed by atoms with Gasteiger partial charge in [0.05, 0.1) is 12.7 Å². The Morgan fingerprint density at radius 3 is 2.79 bits per heavy atom. The number of nitrogens with one attached hydrogen (secondary N) is 1. The fourth-order valence-corrected chi connectivity index (χ4v) is 2.04. The third-order valence-corrected chi connectivity index (χ3v) is 3.46. The van der Waals surface area contributed by atoms with Gasteiger partial charge in [-0.1, -0.05) is 31.6 Å². The third-order valence-electron chi connectivity index (χ3n) is 3.46. The summed E-state index contributed by atoms with van der Waals surface area (Å²) in [5.74, 6) is 5.79. The van der Waals surface area contributed by atoms with E-state index in [1.165, 1.54) is 7.11 Å². The number of nitrogens with zero attached hydrogens (tertiary/aromatic N) is 1. The molecule has 0 aliphatic rings. The van der Waals surface area contributed by atoms with Crippen molar-refractivity contribution in [1.82, 2.24) is 10.3 Å². The summed E-state index contributed by atoms with van der Waals surface area (Å²) >= 11 is 0. The molecule has 1 aromatic heterocycles. The SMILES string of the molecule is CCCCC#Cc1cncc(C(=O)NCCCCCC(=O)OC)c1. The summed E-state index contributed by atoms with van der Waals surface area (Å²) in [6.07, 6.45) is 9.17. The predicted octanol–water partition coefficient (Wildman–Crippen LogP) is 3.09. The zero-order chi connectivity index (χ0) is 17.6. The second-order valence-electron chi connectivity index (χ2n) is 5.51. The number of hydrogen-bond donors (Lipinski definition) is 1. The minimum absolute atomic E-state index is 0.146. The molecule has 24 heavy (non-hydrogen) atoms. The largest absolute Gasteiger partial charge is 0.469 e. The first-order valence-electron chi connectivity index (χ1n) is 8.46. The summed E-state index contributed by atoms with van der Waals surface area (Å²) in [5, 5.41) is 2.86. The Morgan fingerprint density at radius 1 is 1.21 bits per heavy atom. The number of rotatable bonds is 9. The summed E-state index contributed by atoms with van der Waals surface area (Å²) in [4.78, 5) is 27.1. The molecule has 0 bridgehead atoms. The van der Waals surface area contributed by atoms with Crippen LogP contribution < -0.4 is 5.32 Å². The number of pyridine rings is 1. The van der Waals surface area contributed by atoms with Crippen LogP contribution in [0.25, 0.3) is 0 Å². The van der Waals surface area contributed by atoms with Gasteiger partial charge in [0.15, 0.2) is 0 Å². The van der Waals surface area contributed by atoms with Gasteiger partial charge in [-0.05, 0) is 25.3 Å². The molecule has 1 aromatic rings. The van der Waals surface area contributed by atoms with Crippen molar-refractivity contribution in [3.05, 3.63) is 29.6 Å². The van der Waals surface area contributed by atoms with Crippen molar-refractivity contribution in [2.24, 2.45) is 0 Å². The van der Waals surface area contributed by atoms with Crippen LogP contribution in [0, 0.1) is 11.8 Å². The number of unbranched alkanes of at least 4 members (excludes halogenated alkanes) is 4. The normalized spacial score (nSPS) is 9.75. The summed E-state index contributed by atoms with van der Waals surface area (Å²) in [7, 11) is 1.39. The summed E-state index contributed by atoms with van der Waals surface area (Å²) in [5.41, 5.74) is 1.28. The van der Waals surface area contributed by atoms with Gasteiger partial charge in [0.1, 0.15) is 0 Å². The van der Waals surface area contributed by atoms with Crippen molar-refractivity contribution in [1.29, 1.82) is 0 Å². The molecule has 0 aliphatic carbocycles. The molecule has 5 nitrogen and oxygen atoms in total. The van der Waals surface area contributed by atoms with E-state index in [4.69, 9.17) is 0 Å². The van der Waals surface area contributed by atoms with Crippen LogP contribution in [-0.2, 0) is 9.53 Å². The molecule has 0 aromatic carbocycles. The quantitative estimate of drug-likeness (QED) is 0.429. The summed E-state index contributed by atoms with van der Waals surface area (Å²) in [6.45, 7) is 2.70. The highest BCUT2D eigenvalue weighted by Crippen LogP contribution is 2.03. The van der Waals surface area contributed by atoms with E-state index in [9.17, 15) is 9.59 Å². The first-order valence-corrected chi connectivity index (χ1v) is 8.46. The molecule has 0 spiro atoms. The molecule has 1 N–H and O–H groups in total. The first-order chi connectivity index (χ1) is 11.7. The monoisotopic (exact) mass is 330 g/mol. The Morgan fingerprint density at radius 2 is 2.04 bits per heavy atom. The standard InChI is InChI=1S/C19H26N2O3/c1-3-4-5-7-10-16-13-17(15-20-14-16)19(23)21-12-9-6-8-11-18(22)24-2/h13-15H,3-6,8-9,11-12H2,1-2H3,(H,21,23). The van der Waals surface area contributed by atoms with Crippen LogP contribution in [0.4, 0.5) is 0 Å². The van der Waals surface area contributed by atoms with Crippen molar-refractivity contribution in [2.45, 2.75) is 51.9 Å². The third kappa shape index (κ3) is 8.33. The highest BCUT2D eigenvalue weighted by Gasteiger charge is 2.06. The van der Waals surface area contributed by atoms with Crippen LogP contribution in [-0.4, -0.2) is 30.5 Å². The number of aromatic nitrogens is 1. The first kappa shape index (κ1) is 19.7. The molecule has 0 atom stereocenters. The number of methoxy groups -OCH3 is 1. The minimum atomic E-state index is -0.193. The van der Waals surface area contributed by atoms with Gasteiger partial charge < -0.3 is 10.1 Å². The number of esters is 1. The van der Waals surface area contributed by atoms with Gasteiger partial charge in [0.25, 0.3) is 5.91 Å². The molecule has 5 heteroatoms. The van der Waals surface area contributed by atoms with Crippen LogP contribution in [0.1, 0.15) is 67.8 Å². The topological polar surface area (TPSA) is 68.3 Å². The maximum atomic E-state index is 12.1. The van der Waals surface area contributed by atoms with Crippen LogP contribution >= 0.6 is 0 Å². The lowest BCUT2D eigenvalue weighted by molar-refractivity contribution is -0.140. The molecule has 0 unspecified atom stereocenters. The van der Waals surface area contributed by atoms with E-state index in [1.807, 2.05) is 0 Å². The Hall–Kier alpha value is -2.35. The van der Waals surface area contributed by atoms with Crippen molar-refractivity contribution >= 4 is 11.9 Å². The fraction of sp³-hybridized carbons (Fsp3) is 0.526. The molecule has 0 saturated carbocycles. The zero-order valence-corrected chi connectivity index (χ0v) is 14.6. The Balaban J connectivity index is 2.34. The van der Waals surface area contributed by atoms with Gasteiger partial charge in [-0.3, -0.25) is 14.6 Å². The van der Waals surface area contributed by atoms with E-state index in [2.05, 4.69) is 33.8 Å². The van der Waals surface area contributed by atoms with Gasteiger partial charge >= 0.3 is 5.97 Å². The Labute approximate surface area is 144 Å². The smallest absolute Gasteiger partial charge is 0.305 e. The second-order valence-corrected chi connectivity index (χ2v) is 5.51. The maximum absolute atomic E-state index is 12.1. The Kier molecular flexibility index (Phi) is 9.95. The lowest BCUT2D eigenvalue weighted by Crippen LogP contribution is -2.24. The van der Waals surface area contributed by atoms with Gasteiger partial charge in [0, 0.05) is 37.3 Å². The molecule has 1 rings (SSSR count). The fourth-order valence-electron chi connectivity index (χ4n) is 2.04. The van der Waals surface area contributed by atoms with Crippen molar-refractivity contribution in [2.75, 3.05) is 13.7 Å². The van der Waals surface area contributed by atoms with Crippen molar-refractivity contribution in [3.8, 4) is 11.8 Å². The average Bonchev–Trinajstić information content (AvgIpc) is 2.61. The van der Waals surface area contributed by atoms with Crippen molar-refractivity contribution in [3.63, 3.8) is 0 Å². The maximum Gasteiger partial charge on any atom is 0.305 e. The van der Waals surface area contributed by atoms with Crippen LogP contribution in [0.15, 0.2) is 18.5 Å². The summed E-state index contributed by atoms with van der Waals surface area (Å²) in [6, 6.07) is 1.76. The molecule has 0 fully saturated rings. The van der Waals surface area contributed by atoms with Gasteiger partial charge in [-0.15, -0.1) is 0 Å². The molecular formula is C19H26N2O3. The summed E-state index contributed by atoms with van der Waals surface area (Å²) < 4.78 is 4.58. The molecule has 0 aliphatic heterocycles. The molecule has 0 saturated heterocycles. The van der Waals surface area contributed by atoms with E-state index in [0.29, 0.717) is 18.5 Å². The predicted molar refractivity (Wildman–Crippen MR) is 93.5 cm³/mol. The molecular weight excluding hydrogens is 304 g/mol. The van der Waals surface area contributed by atoms with E-state index in [0.717, 1.165) is 44.1 Å². The highest BCUT2D eigenvalue weighted by atomic mass is 16.5. The van der Waals surface area contributed by atoms with E-state index in [-0.39, 0.29) is 11.9 Å². The molecule has 0 radical (unpaired) electrons. The number of carbonyl (C=O) groups excluding carboxylic acids is 2. The molecule has 1 heterocycles. The van der Waals surface area contributed by atoms with Gasteiger partial charge in [-0.2, -0.15) is 0 Å². The van der Waals surface area contributed by atoms with Crippen molar-refractivity contribution < 1.29 is 14.3 Å². The van der Waals surface area contributed by atoms with Crippen LogP contribution in [0.5, 0.6) is 0 Å². The number of carbonyl (C=O) groups is 2. The lowest BCUT2D eigenvalue weighted by Gasteiger charge is -2.05. The highest BCUT2D eigenvalue weighted by molar-refractivity contribution is 5.94. The number of hydrogen-bond acceptors (Lipinski definition) is 4. The van der Waals surface area contributed by atoms with Gasteiger partial charge in [-0.25, -0.2) is 0 Å². The van der Waals surface area contributed by atoms with E-state index < -0.39 is 0 Å². The zero-order valence-electron chi connectivity index (χ0n) is 14.6. The van der Waals surface area contributed by atoms with Gasteiger partial charge in [0.2, 0.25) is 0 Å².